The minimum atomic E-state index is -5.02. The van der Waals surface area contributed by atoms with Crippen LogP contribution >= 0.6 is 0 Å². The van der Waals surface area contributed by atoms with Gasteiger partial charge in [-0.1, -0.05) is 38.2 Å². The highest BCUT2D eigenvalue weighted by molar-refractivity contribution is 5.90. The van der Waals surface area contributed by atoms with Crippen molar-refractivity contribution in [1.29, 1.82) is 0 Å². The van der Waals surface area contributed by atoms with Gasteiger partial charge in [-0.25, -0.2) is 4.79 Å². The van der Waals surface area contributed by atoms with Crippen molar-refractivity contribution < 1.29 is 40.7 Å². The number of esters is 1. The number of halogens is 6. The maximum Gasteiger partial charge on any atom is 0.416 e. The molecule has 0 N–H and O–H groups in total. The Hall–Kier alpha value is -2.32. The van der Waals surface area contributed by atoms with E-state index in [1.165, 1.54) is 0 Å². The predicted octanol–water partition coefficient (Wildman–Crippen LogP) is 7.15. The van der Waals surface area contributed by atoms with Gasteiger partial charge in [0.05, 0.1) is 23.3 Å². The Balaban J connectivity index is 2.37. The summed E-state index contributed by atoms with van der Waals surface area (Å²) in [5, 5.41) is 0. The largest absolute Gasteiger partial charge is 0.462 e. The van der Waals surface area contributed by atoms with E-state index in [0.29, 0.717) is 31.4 Å². The number of ether oxygens (including phenoxy) is 1. The van der Waals surface area contributed by atoms with Crippen LogP contribution < -0.4 is 0 Å². The minimum absolute atomic E-state index is 0.0345. The monoisotopic (exact) mass is 452 g/mol. The van der Waals surface area contributed by atoms with Gasteiger partial charge >= 0.3 is 18.3 Å². The summed E-state index contributed by atoms with van der Waals surface area (Å²) in [5.74, 6) is -1.12. The molecule has 0 aliphatic rings. The van der Waals surface area contributed by atoms with Gasteiger partial charge in [-0.2, -0.15) is 26.3 Å². The fraction of sp³-hybridized carbons (Fsp3) is 0.545. The number of alkyl halides is 6. The third kappa shape index (κ3) is 10.5. The molecule has 9 heteroatoms. The van der Waals surface area contributed by atoms with Crippen molar-refractivity contribution in [2.45, 2.75) is 70.6 Å². The van der Waals surface area contributed by atoms with E-state index in [0.717, 1.165) is 32.1 Å². The van der Waals surface area contributed by atoms with E-state index in [2.05, 4.69) is 0 Å². The lowest BCUT2D eigenvalue weighted by Gasteiger charge is -2.14. The fourth-order valence-corrected chi connectivity index (χ4v) is 2.88. The van der Waals surface area contributed by atoms with Gasteiger partial charge in [-0.3, -0.25) is 4.79 Å². The highest BCUT2D eigenvalue weighted by Gasteiger charge is 2.37. The van der Waals surface area contributed by atoms with Crippen molar-refractivity contribution in [2.24, 2.45) is 0 Å². The van der Waals surface area contributed by atoms with E-state index < -0.39 is 35.0 Å². The van der Waals surface area contributed by atoms with Gasteiger partial charge in [0, 0.05) is 6.42 Å². The lowest BCUT2D eigenvalue weighted by atomic mass is 10.0. The molecule has 0 unspecified atom stereocenters. The lowest BCUT2D eigenvalue weighted by molar-refractivity contribution is -0.143. The molecule has 0 saturated heterocycles. The first-order chi connectivity index (χ1) is 14.4. The third-order valence-electron chi connectivity index (χ3n) is 4.48. The minimum Gasteiger partial charge on any atom is -0.462 e. The second-order valence-corrected chi connectivity index (χ2v) is 7.12. The van der Waals surface area contributed by atoms with E-state index in [4.69, 9.17) is 4.74 Å². The molecule has 0 aliphatic heterocycles. The van der Waals surface area contributed by atoms with E-state index >= 15 is 0 Å². The zero-order valence-corrected chi connectivity index (χ0v) is 17.2. The topological polar surface area (TPSA) is 43.4 Å². The summed E-state index contributed by atoms with van der Waals surface area (Å²) in [5.41, 5.74) is -3.89. The quantitative estimate of drug-likeness (QED) is 0.146. The van der Waals surface area contributed by atoms with Crippen molar-refractivity contribution in [2.75, 3.05) is 6.61 Å². The first kappa shape index (κ1) is 26.7. The molecule has 0 saturated carbocycles. The Kier molecular flexibility index (Phi) is 10.8. The average molecular weight is 452 g/mol. The van der Waals surface area contributed by atoms with Crippen LogP contribution in [0.2, 0.25) is 0 Å². The number of hydrogen-bond donors (Lipinski definition) is 0. The molecule has 1 aromatic carbocycles. The highest BCUT2D eigenvalue weighted by atomic mass is 19.4. The number of unbranched alkanes of at least 4 members (excludes halogenated alkanes) is 6. The predicted molar refractivity (Wildman–Crippen MR) is 103 cm³/mol. The Labute approximate surface area is 177 Å². The van der Waals surface area contributed by atoms with Gasteiger partial charge in [-0.15, -0.1) is 0 Å². The summed E-state index contributed by atoms with van der Waals surface area (Å²) in [6, 6.07) is 0.685. The van der Waals surface area contributed by atoms with Gasteiger partial charge in [0.25, 0.3) is 0 Å². The van der Waals surface area contributed by atoms with Crippen molar-refractivity contribution in [3.8, 4) is 0 Å². The molecule has 0 radical (unpaired) electrons. The Morgan fingerprint density at radius 2 is 1.29 bits per heavy atom. The van der Waals surface area contributed by atoms with Crippen molar-refractivity contribution in [3.63, 3.8) is 0 Å². The van der Waals surface area contributed by atoms with Crippen LogP contribution in [-0.4, -0.2) is 18.4 Å². The standard InChI is InChI=1S/C22H26F6O3/c1-2-10-19(29)11-8-6-4-3-5-7-9-12-31-20(30)16-13-17(21(23,24)25)15-18(14-16)22(26,27)28/h2,10,13-15H,3-9,11-12H2,1H3/b10-2+. The molecule has 0 heterocycles. The second kappa shape index (κ2) is 12.5. The van der Waals surface area contributed by atoms with Gasteiger partial charge in [-0.05, 0) is 44.0 Å². The van der Waals surface area contributed by atoms with Gasteiger partial charge in [0.1, 0.15) is 0 Å². The molecule has 1 rings (SSSR count). The zero-order chi connectivity index (χ0) is 23.5. The fourth-order valence-electron chi connectivity index (χ4n) is 2.88. The van der Waals surface area contributed by atoms with Crippen molar-refractivity contribution in [3.05, 3.63) is 47.0 Å². The first-order valence-electron chi connectivity index (χ1n) is 10.1. The smallest absolute Gasteiger partial charge is 0.416 e. The molecule has 0 fully saturated rings. The molecule has 0 aromatic heterocycles. The Bertz CT molecular complexity index is 718. The van der Waals surface area contributed by atoms with E-state index in [-0.39, 0.29) is 18.5 Å². The molecular formula is C22H26F6O3. The number of carbonyl (C=O) groups excluding carboxylic acids is 2. The van der Waals surface area contributed by atoms with Gasteiger partial charge in [0.2, 0.25) is 0 Å². The maximum absolute atomic E-state index is 12.8. The SMILES string of the molecule is C/C=C/C(=O)CCCCCCCCCOC(=O)c1cc(C(F)(F)F)cc(C(F)(F)F)c1. The number of hydrogen-bond acceptors (Lipinski definition) is 3. The second-order valence-electron chi connectivity index (χ2n) is 7.12. The first-order valence-corrected chi connectivity index (χ1v) is 10.1. The molecule has 0 bridgehead atoms. The molecule has 0 spiro atoms. The van der Waals surface area contributed by atoms with Crippen LogP contribution in [0.5, 0.6) is 0 Å². The number of allylic oxidation sites excluding steroid dienone is 2. The maximum atomic E-state index is 12.8. The summed E-state index contributed by atoms with van der Waals surface area (Å²) in [6.45, 7) is 1.70. The number of benzene rings is 1. The van der Waals surface area contributed by atoms with Gasteiger partial charge < -0.3 is 4.74 Å². The van der Waals surface area contributed by atoms with E-state index in [9.17, 15) is 35.9 Å². The summed E-state index contributed by atoms with van der Waals surface area (Å²) in [4.78, 5) is 23.2. The van der Waals surface area contributed by atoms with Crippen LogP contribution in [0, 0.1) is 0 Å². The molecule has 0 atom stereocenters. The molecule has 3 nitrogen and oxygen atoms in total. The van der Waals surface area contributed by atoms with E-state index in [1.54, 1.807) is 19.1 Å². The van der Waals surface area contributed by atoms with Crippen LogP contribution in [0.25, 0.3) is 0 Å². The number of rotatable bonds is 12. The Morgan fingerprint density at radius 3 is 1.77 bits per heavy atom. The Morgan fingerprint density at radius 1 is 0.806 bits per heavy atom. The molecular weight excluding hydrogens is 426 g/mol. The molecule has 174 valence electrons. The normalized spacial score (nSPS) is 12.4. The van der Waals surface area contributed by atoms with Crippen LogP contribution in [0.1, 0.15) is 79.8 Å². The van der Waals surface area contributed by atoms with Crippen molar-refractivity contribution in [1.82, 2.24) is 0 Å². The van der Waals surface area contributed by atoms with Crippen LogP contribution in [0.15, 0.2) is 30.4 Å². The molecule has 0 aliphatic carbocycles. The molecule has 1 aromatic rings. The summed E-state index contributed by atoms with van der Waals surface area (Å²) in [6.07, 6.45) is -0.630. The zero-order valence-electron chi connectivity index (χ0n) is 17.2. The number of carbonyl (C=O) groups is 2. The number of ketones is 1. The van der Waals surface area contributed by atoms with Crippen LogP contribution in [-0.2, 0) is 21.9 Å². The lowest BCUT2D eigenvalue weighted by Crippen LogP contribution is -2.15. The molecule has 31 heavy (non-hydrogen) atoms. The molecule has 0 amide bonds. The van der Waals surface area contributed by atoms with Gasteiger partial charge in [0.15, 0.2) is 5.78 Å². The van der Waals surface area contributed by atoms with Crippen LogP contribution in [0.4, 0.5) is 26.3 Å². The summed E-state index contributed by atoms with van der Waals surface area (Å²) >= 11 is 0. The van der Waals surface area contributed by atoms with Crippen molar-refractivity contribution >= 4 is 11.8 Å². The summed E-state index contributed by atoms with van der Waals surface area (Å²) in [7, 11) is 0. The summed E-state index contributed by atoms with van der Waals surface area (Å²) < 4.78 is 81.9. The van der Waals surface area contributed by atoms with Crippen LogP contribution in [0.3, 0.4) is 0 Å². The average Bonchev–Trinajstić information content (AvgIpc) is 2.67. The third-order valence-corrected chi connectivity index (χ3v) is 4.48. The highest BCUT2D eigenvalue weighted by Crippen LogP contribution is 2.36. The van der Waals surface area contributed by atoms with E-state index in [1.807, 2.05) is 0 Å².